The Kier molecular flexibility index (Phi) is 5.40. The zero-order valence-electron chi connectivity index (χ0n) is 13.6. The van der Waals surface area contributed by atoms with Crippen LogP contribution in [-0.2, 0) is 22.6 Å². The lowest BCUT2D eigenvalue weighted by atomic mass is 10.1. The van der Waals surface area contributed by atoms with Crippen LogP contribution in [0.3, 0.4) is 0 Å². The third-order valence-electron chi connectivity index (χ3n) is 3.56. The molecule has 0 fully saturated rings. The standard InChI is InChI=1S/C19H16FNO3S/c1-23-16-8-6-13(7-9-16)19-21-15(12-25-19)11-24-18(22)10-14-4-2-3-5-17(14)20/h2-9,12H,10-11H2,1H3. The third-order valence-corrected chi connectivity index (χ3v) is 4.50. The Morgan fingerprint density at radius 3 is 2.64 bits per heavy atom. The van der Waals surface area contributed by atoms with E-state index >= 15 is 0 Å². The number of hydrogen-bond donors (Lipinski definition) is 0. The van der Waals surface area contributed by atoms with Crippen molar-refractivity contribution < 1.29 is 18.7 Å². The molecule has 0 aliphatic carbocycles. The van der Waals surface area contributed by atoms with E-state index in [4.69, 9.17) is 9.47 Å². The summed E-state index contributed by atoms with van der Waals surface area (Å²) in [6, 6.07) is 13.7. The highest BCUT2D eigenvalue weighted by molar-refractivity contribution is 7.13. The molecule has 0 aliphatic rings. The van der Waals surface area contributed by atoms with Crippen molar-refractivity contribution in [2.45, 2.75) is 13.0 Å². The second-order valence-electron chi connectivity index (χ2n) is 5.30. The molecule has 0 bridgehead atoms. The van der Waals surface area contributed by atoms with Gasteiger partial charge in [-0.05, 0) is 35.9 Å². The van der Waals surface area contributed by atoms with E-state index in [1.807, 2.05) is 29.6 Å². The molecule has 3 aromatic rings. The summed E-state index contributed by atoms with van der Waals surface area (Å²) in [5.74, 6) is -0.110. The molecule has 0 amide bonds. The van der Waals surface area contributed by atoms with Gasteiger partial charge in [-0.2, -0.15) is 0 Å². The zero-order chi connectivity index (χ0) is 17.6. The molecule has 6 heteroatoms. The van der Waals surface area contributed by atoms with Gasteiger partial charge in [0.2, 0.25) is 0 Å². The monoisotopic (exact) mass is 357 g/mol. The second-order valence-corrected chi connectivity index (χ2v) is 6.16. The minimum absolute atomic E-state index is 0.0694. The molecule has 2 aromatic carbocycles. The Bertz CT molecular complexity index is 861. The van der Waals surface area contributed by atoms with Gasteiger partial charge < -0.3 is 9.47 Å². The molecule has 0 aliphatic heterocycles. The molecule has 25 heavy (non-hydrogen) atoms. The van der Waals surface area contributed by atoms with Crippen molar-refractivity contribution in [1.29, 1.82) is 0 Å². The Morgan fingerprint density at radius 2 is 1.92 bits per heavy atom. The average molecular weight is 357 g/mol. The average Bonchev–Trinajstić information content (AvgIpc) is 3.11. The molecule has 3 rings (SSSR count). The normalized spacial score (nSPS) is 10.5. The summed E-state index contributed by atoms with van der Waals surface area (Å²) >= 11 is 1.47. The van der Waals surface area contributed by atoms with Crippen LogP contribution in [0.1, 0.15) is 11.3 Å². The maximum Gasteiger partial charge on any atom is 0.310 e. The lowest BCUT2D eigenvalue weighted by Crippen LogP contribution is -2.09. The molecule has 0 radical (unpaired) electrons. The molecule has 0 N–H and O–H groups in total. The number of halogens is 1. The summed E-state index contributed by atoms with van der Waals surface area (Å²) in [6.07, 6.45) is -0.0951. The quantitative estimate of drug-likeness (QED) is 0.619. The van der Waals surface area contributed by atoms with Gasteiger partial charge in [-0.3, -0.25) is 4.79 Å². The van der Waals surface area contributed by atoms with Crippen LogP contribution in [-0.4, -0.2) is 18.1 Å². The van der Waals surface area contributed by atoms with Gasteiger partial charge in [0, 0.05) is 10.9 Å². The summed E-state index contributed by atoms with van der Waals surface area (Å²) in [5, 5.41) is 2.68. The molecule has 1 heterocycles. The highest BCUT2D eigenvalue weighted by Gasteiger charge is 2.11. The van der Waals surface area contributed by atoms with E-state index in [0.29, 0.717) is 11.3 Å². The van der Waals surface area contributed by atoms with Crippen molar-refractivity contribution in [2.24, 2.45) is 0 Å². The van der Waals surface area contributed by atoms with Crippen molar-refractivity contribution in [1.82, 2.24) is 4.98 Å². The number of methoxy groups -OCH3 is 1. The van der Waals surface area contributed by atoms with Crippen molar-refractivity contribution in [3.05, 3.63) is 71.0 Å². The van der Waals surface area contributed by atoms with Gasteiger partial charge >= 0.3 is 5.97 Å². The predicted octanol–water partition coefficient (Wildman–Crippen LogP) is 4.24. The van der Waals surface area contributed by atoms with Crippen LogP contribution >= 0.6 is 11.3 Å². The summed E-state index contributed by atoms with van der Waals surface area (Å²) in [7, 11) is 1.62. The van der Waals surface area contributed by atoms with Crippen molar-refractivity contribution in [3.8, 4) is 16.3 Å². The summed E-state index contributed by atoms with van der Waals surface area (Å²) in [6.45, 7) is 0.0694. The molecule has 4 nitrogen and oxygen atoms in total. The van der Waals surface area contributed by atoms with Crippen LogP contribution in [0.4, 0.5) is 4.39 Å². The highest BCUT2D eigenvalue weighted by Crippen LogP contribution is 2.26. The lowest BCUT2D eigenvalue weighted by Gasteiger charge is -2.04. The first-order valence-corrected chi connectivity index (χ1v) is 8.51. The Morgan fingerprint density at radius 1 is 1.16 bits per heavy atom. The topological polar surface area (TPSA) is 48.4 Å². The minimum atomic E-state index is -0.482. The molecule has 0 atom stereocenters. The SMILES string of the molecule is COc1ccc(-c2nc(COC(=O)Cc3ccccc3F)cs2)cc1. The van der Waals surface area contributed by atoms with Crippen LogP contribution in [0.15, 0.2) is 53.9 Å². The van der Waals surface area contributed by atoms with Crippen LogP contribution < -0.4 is 4.74 Å². The number of esters is 1. The van der Waals surface area contributed by atoms with Gasteiger partial charge in [0.15, 0.2) is 0 Å². The number of carbonyl (C=O) groups is 1. The maximum atomic E-state index is 13.5. The molecular weight excluding hydrogens is 341 g/mol. The predicted molar refractivity (Wildman–Crippen MR) is 94.0 cm³/mol. The van der Waals surface area contributed by atoms with E-state index in [0.717, 1.165) is 16.3 Å². The Balaban J connectivity index is 1.58. The van der Waals surface area contributed by atoms with Gasteiger partial charge in [-0.1, -0.05) is 18.2 Å². The van der Waals surface area contributed by atoms with Crippen LogP contribution in [0.5, 0.6) is 5.75 Å². The fourth-order valence-electron chi connectivity index (χ4n) is 2.24. The van der Waals surface area contributed by atoms with Gasteiger partial charge in [0.1, 0.15) is 23.2 Å². The largest absolute Gasteiger partial charge is 0.497 e. The first kappa shape index (κ1) is 17.1. The van der Waals surface area contributed by atoms with E-state index in [9.17, 15) is 9.18 Å². The number of ether oxygens (including phenoxy) is 2. The third kappa shape index (κ3) is 4.42. The van der Waals surface area contributed by atoms with E-state index in [-0.39, 0.29) is 13.0 Å². The molecular formula is C19H16FNO3S. The molecule has 128 valence electrons. The van der Waals surface area contributed by atoms with Crippen LogP contribution in [0.2, 0.25) is 0 Å². The fraction of sp³-hybridized carbons (Fsp3) is 0.158. The number of thiazole rings is 1. The number of rotatable bonds is 6. The fourth-order valence-corrected chi connectivity index (χ4v) is 3.05. The first-order valence-electron chi connectivity index (χ1n) is 7.63. The number of carbonyl (C=O) groups excluding carboxylic acids is 1. The van der Waals surface area contributed by atoms with Crippen molar-refractivity contribution in [2.75, 3.05) is 7.11 Å². The van der Waals surface area contributed by atoms with Gasteiger partial charge in [-0.15, -0.1) is 11.3 Å². The Labute approximate surface area is 148 Å². The molecule has 1 aromatic heterocycles. The van der Waals surface area contributed by atoms with Crippen LogP contribution in [0.25, 0.3) is 10.6 Å². The van der Waals surface area contributed by atoms with E-state index in [1.165, 1.54) is 17.4 Å². The second kappa shape index (κ2) is 7.90. The van der Waals surface area contributed by atoms with E-state index in [1.54, 1.807) is 25.3 Å². The highest BCUT2D eigenvalue weighted by atomic mass is 32.1. The summed E-state index contributed by atoms with van der Waals surface area (Å²) < 4.78 is 23.9. The summed E-state index contributed by atoms with van der Waals surface area (Å²) in [5.41, 5.74) is 1.96. The number of nitrogens with zero attached hydrogens (tertiary/aromatic N) is 1. The molecule has 0 saturated heterocycles. The number of hydrogen-bond acceptors (Lipinski definition) is 5. The van der Waals surface area contributed by atoms with Crippen molar-refractivity contribution in [3.63, 3.8) is 0 Å². The van der Waals surface area contributed by atoms with Crippen LogP contribution in [0, 0.1) is 5.82 Å². The van der Waals surface area contributed by atoms with Crippen molar-refractivity contribution >= 4 is 17.3 Å². The summed E-state index contributed by atoms with van der Waals surface area (Å²) in [4.78, 5) is 16.3. The van der Waals surface area contributed by atoms with E-state index in [2.05, 4.69) is 4.98 Å². The Hall–Kier alpha value is -2.73. The lowest BCUT2D eigenvalue weighted by molar-refractivity contribution is -0.144. The first-order chi connectivity index (χ1) is 12.2. The molecule has 0 unspecified atom stereocenters. The molecule has 0 saturated carbocycles. The zero-order valence-corrected chi connectivity index (χ0v) is 14.4. The molecule has 0 spiro atoms. The van der Waals surface area contributed by atoms with Gasteiger partial charge in [0.25, 0.3) is 0 Å². The number of benzene rings is 2. The van der Waals surface area contributed by atoms with Gasteiger partial charge in [0.05, 0.1) is 19.2 Å². The minimum Gasteiger partial charge on any atom is -0.497 e. The maximum absolute atomic E-state index is 13.5. The van der Waals surface area contributed by atoms with E-state index < -0.39 is 11.8 Å². The number of aromatic nitrogens is 1. The van der Waals surface area contributed by atoms with Gasteiger partial charge in [-0.25, -0.2) is 9.37 Å². The smallest absolute Gasteiger partial charge is 0.310 e.